The molecule has 0 saturated heterocycles. The Balaban J connectivity index is 2.33. The predicted molar refractivity (Wildman–Crippen MR) is 57.4 cm³/mol. The van der Waals surface area contributed by atoms with Crippen LogP contribution in [0.25, 0.3) is 0 Å². The number of para-hydroxylation sites is 1. The molecule has 5 heteroatoms. The van der Waals surface area contributed by atoms with Crippen LogP contribution in [0.2, 0.25) is 0 Å². The van der Waals surface area contributed by atoms with E-state index in [-0.39, 0.29) is 5.69 Å². The Morgan fingerprint density at radius 2 is 1.82 bits per heavy atom. The van der Waals surface area contributed by atoms with Gasteiger partial charge in [0.1, 0.15) is 5.76 Å². The van der Waals surface area contributed by atoms with Crippen molar-refractivity contribution in [2.24, 2.45) is 4.99 Å². The number of benzene rings is 1. The molecular formula is C12H8F3NO. The van der Waals surface area contributed by atoms with E-state index in [9.17, 15) is 13.2 Å². The van der Waals surface area contributed by atoms with Gasteiger partial charge in [0.2, 0.25) is 0 Å². The molecule has 0 aliphatic heterocycles. The van der Waals surface area contributed by atoms with Crippen molar-refractivity contribution in [2.45, 2.75) is 6.18 Å². The molecule has 0 aliphatic rings. The summed E-state index contributed by atoms with van der Waals surface area (Å²) < 4.78 is 42.8. The standard InChI is InChI=1S/C12H8F3NO/c13-12(14,15)10-5-1-2-6-11(10)16-8-9-4-3-7-17-9/h1-8H. The molecule has 0 fully saturated rings. The second-order valence-corrected chi connectivity index (χ2v) is 3.29. The van der Waals surface area contributed by atoms with Crippen LogP contribution in [0, 0.1) is 0 Å². The highest BCUT2D eigenvalue weighted by molar-refractivity contribution is 5.79. The van der Waals surface area contributed by atoms with Crippen molar-refractivity contribution in [1.29, 1.82) is 0 Å². The number of nitrogens with zero attached hydrogens (tertiary/aromatic N) is 1. The van der Waals surface area contributed by atoms with E-state index in [1.54, 1.807) is 12.1 Å². The van der Waals surface area contributed by atoms with Gasteiger partial charge in [-0.2, -0.15) is 13.2 Å². The largest absolute Gasteiger partial charge is 0.463 e. The van der Waals surface area contributed by atoms with E-state index in [1.165, 1.54) is 30.7 Å². The zero-order valence-corrected chi connectivity index (χ0v) is 8.61. The van der Waals surface area contributed by atoms with Crippen molar-refractivity contribution in [2.75, 3.05) is 0 Å². The molecule has 0 unspecified atom stereocenters. The van der Waals surface area contributed by atoms with Crippen LogP contribution in [-0.4, -0.2) is 6.21 Å². The molecule has 0 bridgehead atoms. The Labute approximate surface area is 95.4 Å². The van der Waals surface area contributed by atoms with E-state index in [1.807, 2.05) is 0 Å². The van der Waals surface area contributed by atoms with E-state index in [0.29, 0.717) is 5.76 Å². The maximum Gasteiger partial charge on any atom is 0.418 e. The van der Waals surface area contributed by atoms with Gasteiger partial charge in [0.25, 0.3) is 0 Å². The molecule has 2 aromatic rings. The van der Waals surface area contributed by atoms with Crippen LogP contribution in [0.1, 0.15) is 11.3 Å². The zero-order valence-electron chi connectivity index (χ0n) is 8.61. The third-order valence-electron chi connectivity index (χ3n) is 2.08. The lowest BCUT2D eigenvalue weighted by Gasteiger charge is -2.08. The van der Waals surface area contributed by atoms with Gasteiger partial charge >= 0.3 is 6.18 Å². The molecule has 0 spiro atoms. The van der Waals surface area contributed by atoms with Gasteiger partial charge in [-0.25, -0.2) is 0 Å². The summed E-state index contributed by atoms with van der Waals surface area (Å²) in [5, 5.41) is 0. The van der Waals surface area contributed by atoms with Crippen molar-refractivity contribution >= 4 is 11.9 Å². The number of aliphatic imine (C=N–C) groups is 1. The summed E-state index contributed by atoms with van der Waals surface area (Å²) in [6.45, 7) is 0. The van der Waals surface area contributed by atoms with Crippen LogP contribution in [0.15, 0.2) is 52.1 Å². The Morgan fingerprint density at radius 3 is 2.47 bits per heavy atom. The Kier molecular flexibility index (Phi) is 2.99. The summed E-state index contributed by atoms with van der Waals surface area (Å²) in [4.78, 5) is 3.78. The Bertz CT molecular complexity index is 515. The molecule has 0 atom stereocenters. The Morgan fingerprint density at radius 1 is 1.06 bits per heavy atom. The third-order valence-corrected chi connectivity index (χ3v) is 2.08. The smallest absolute Gasteiger partial charge is 0.418 e. The highest BCUT2D eigenvalue weighted by atomic mass is 19.4. The SMILES string of the molecule is FC(F)(F)c1ccccc1N=Cc1ccco1. The minimum absolute atomic E-state index is 0.128. The Hall–Kier alpha value is -2.04. The highest BCUT2D eigenvalue weighted by Gasteiger charge is 2.32. The second-order valence-electron chi connectivity index (χ2n) is 3.29. The van der Waals surface area contributed by atoms with Crippen LogP contribution in [0.3, 0.4) is 0 Å². The summed E-state index contributed by atoms with van der Waals surface area (Å²) in [5.74, 6) is 0.405. The lowest BCUT2D eigenvalue weighted by atomic mass is 10.2. The zero-order chi connectivity index (χ0) is 12.3. The summed E-state index contributed by atoms with van der Waals surface area (Å²) >= 11 is 0. The van der Waals surface area contributed by atoms with Gasteiger partial charge in [0.15, 0.2) is 0 Å². The van der Waals surface area contributed by atoms with Gasteiger partial charge in [-0.3, -0.25) is 4.99 Å². The molecule has 1 aromatic carbocycles. The first kappa shape index (κ1) is 11.4. The van der Waals surface area contributed by atoms with Crippen LogP contribution in [-0.2, 0) is 6.18 Å². The van der Waals surface area contributed by atoms with Crippen LogP contribution < -0.4 is 0 Å². The van der Waals surface area contributed by atoms with Gasteiger partial charge in [-0.05, 0) is 24.3 Å². The summed E-state index contributed by atoms with van der Waals surface area (Å²) in [6.07, 6.45) is -1.72. The molecule has 0 aliphatic carbocycles. The maximum absolute atomic E-state index is 12.6. The van der Waals surface area contributed by atoms with Gasteiger partial charge in [-0.1, -0.05) is 12.1 Å². The molecule has 0 radical (unpaired) electrons. The first-order valence-electron chi connectivity index (χ1n) is 4.81. The van der Waals surface area contributed by atoms with E-state index >= 15 is 0 Å². The number of halogens is 3. The second kappa shape index (κ2) is 4.45. The van der Waals surface area contributed by atoms with Gasteiger partial charge in [0, 0.05) is 0 Å². The molecule has 0 amide bonds. The summed E-state index contributed by atoms with van der Waals surface area (Å²) in [7, 11) is 0. The number of hydrogen-bond donors (Lipinski definition) is 0. The molecule has 1 heterocycles. The molecule has 17 heavy (non-hydrogen) atoms. The minimum atomic E-state index is -4.41. The number of rotatable bonds is 2. The molecule has 1 aromatic heterocycles. The maximum atomic E-state index is 12.6. The molecule has 0 N–H and O–H groups in total. The van der Waals surface area contributed by atoms with Crippen molar-refractivity contribution in [3.05, 3.63) is 54.0 Å². The average Bonchev–Trinajstić information content (AvgIpc) is 2.78. The van der Waals surface area contributed by atoms with Crippen LogP contribution in [0.5, 0.6) is 0 Å². The number of alkyl halides is 3. The van der Waals surface area contributed by atoms with Crippen molar-refractivity contribution in [1.82, 2.24) is 0 Å². The topological polar surface area (TPSA) is 25.5 Å². The van der Waals surface area contributed by atoms with E-state index in [4.69, 9.17) is 4.42 Å². The fourth-order valence-corrected chi connectivity index (χ4v) is 1.32. The first-order chi connectivity index (χ1) is 8.07. The number of furan rings is 1. The first-order valence-corrected chi connectivity index (χ1v) is 4.81. The quantitative estimate of drug-likeness (QED) is 0.726. The molecular weight excluding hydrogens is 231 g/mol. The van der Waals surface area contributed by atoms with E-state index in [2.05, 4.69) is 4.99 Å². The van der Waals surface area contributed by atoms with Gasteiger partial charge < -0.3 is 4.42 Å². The minimum Gasteiger partial charge on any atom is -0.463 e. The fourth-order valence-electron chi connectivity index (χ4n) is 1.32. The molecule has 2 nitrogen and oxygen atoms in total. The summed E-state index contributed by atoms with van der Waals surface area (Å²) in [6, 6.07) is 8.38. The highest BCUT2D eigenvalue weighted by Crippen LogP contribution is 2.35. The third kappa shape index (κ3) is 2.75. The molecule has 88 valence electrons. The monoisotopic (exact) mass is 239 g/mol. The lowest BCUT2D eigenvalue weighted by Crippen LogP contribution is -2.04. The summed E-state index contributed by atoms with van der Waals surface area (Å²) in [5.41, 5.74) is -0.890. The molecule has 0 saturated carbocycles. The van der Waals surface area contributed by atoms with Gasteiger partial charge in [0.05, 0.1) is 23.7 Å². The fraction of sp³-hybridized carbons (Fsp3) is 0.0833. The van der Waals surface area contributed by atoms with Crippen molar-refractivity contribution in [3.8, 4) is 0 Å². The van der Waals surface area contributed by atoms with Crippen LogP contribution >= 0.6 is 0 Å². The normalized spacial score (nSPS) is 12.2. The lowest BCUT2D eigenvalue weighted by molar-refractivity contribution is -0.137. The van der Waals surface area contributed by atoms with E-state index < -0.39 is 11.7 Å². The average molecular weight is 239 g/mol. The van der Waals surface area contributed by atoms with Crippen molar-refractivity contribution in [3.63, 3.8) is 0 Å². The van der Waals surface area contributed by atoms with Crippen molar-refractivity contribution < 1.29 is 17.6 Å². The van der Waals surface area contributed by atoms with Gasteiger partial charge in [-0.15, -0.1) is 0 Å². The predicted octanol–water partition coefficient (Wildman–Crippen LogP) is 4.05. The van der Waals surface area contributed by atoms with E-state index in [0.717, 1.165) is 6.07 Å². The number of hydrogen-bond acceptors (Lipinski definition) is 2. The molecule has 2 rings (SSSR count). The van der Waals surface area contributed by atoms with Crippen LogP contribution in [0.4, 0.5) is 18.9 Å².